The normalized spacial score (nSPS) is 10.0. The van der Waals surface area contributed by atoms with Gasteiger partial charge < -0.3 is 20.5 Å². The van der Waals surface area contributed by atoms with Crippen LogP contribution in [0.15, 0.2) is 48.5 Å². The lowest BCUT2D eigenvalue weighted by molar-refractivity contribution is 0.0697. The predicted molar refractivity (Wildman–Crippen MR) is 91.7 cm³/mol. The number of amides is 2. The standard InChI is InChI=1S/C18H20N2O4/c1-13-3-9-16(10-4-13)24-12-2-11-19-18(23)20-15-7-5-14(6-8-15)17(21)22/h3-10H,2,11-12H2,1H3,(H,21,22)(H2,19,20,23). The van der Waals surface area contributed by atoms with E-state index in [0.29, 0.717) is 25.3 Å². The number of urea groups is 1. The van der Waals surface area contributed by atoms with Gasteiger partial charge in [0.25, 0.3) is 0 Å². The van der Waals surface area contributed by atoms with Crippen LogP contribution in [0.3, 0.4) is 0 Å². The average Bonchev–Trinajstić information content (AvgIpc) is 2.56. The molecule has 24 heavy (non-hydrogen) atoms. The van der Waals surface area contributed by atoms with Gasteiger partial charge in [0.1, 0.15) is 5.75 Å². The van der Waals surface area contributed by atoms with Crippen molar-refractivity contribution in [2.24, 2.45) is 0 Å². The molecule has 0 saturated carbocycles. The Balaban J connectivity index is 1.64. The van der Waals surface area contributed by atoms with Gasteiger partial charge in [0.15, 0.2) is 0 Å². The molecule has 0 bridgehead atoms. The average molecular weight is 328 g/mol. The highest BCUT2D eigenvalue weighted by Crippen LogP contribution is 2.11. The molecule has 2 aromatic carbocycles. The van der Waals surface area contributed by atoms with E-state index < -0.39 is 5.97 Å². The van der Waals surface area contributed by atoms with E-state index in [2.05, 4.69) is 10.6 Å². The molecule has 0 fully saturated rings. The van der Waals surface area contributed by atoms with Crippen molar-refractivity contribution in [3.8, 4) is 5.75 Å². The fourth-order valence-corrected chi connectivity index (χ4v) is 1.97. The Kier molecular flexibility index (Phi) is 6.19. The number of anilines is 1. The highest BCUT2D eigenvalue weighted by Gasteiger charge is 2.04. The molecule has 3 N–H and O–H groups in total. The van der Waals surface area contributed by atoms with Crippen molar-refractivity contribution in [3.63, 3.8) is 0 Å². The number of aromatic carboxylic acids is 1. The second kappa shape index (κ2) is 8.57. The Morgan fingerprint density at radius 2 is 1.71 bits per heavy atom. The molecule has 0 saturated heterocycles. The van der Waals surface area contributed by atoms with Crippen molar-refractivity contribution in [2.45, 2.75) is 13.3 Å². The summed E-state index contributed by atoms with van der Waals surface area (Å²) in [5, 5.41) is 14.2. The summed E-state index contributed by atoms with van der Waals surface area (Å²) in [6, 6.07) is 13.4. The molecule has 0 spiro atoms. The third-order valence-electron chi connectivity index (χ3n) is 3.29. The Bertz CT molecular complexity index is 681. The number of benzene rings is 2. The fourth-order valence-electron chi connectivity index (χ4n) is 1.97. The minimum Gasteiger partial charge on any atom is -0.494 e. The highest BCUT2D eigenvalue weighted by atomic mass is 16.5. The molecular weight excluding hydrogens is 308 g/mol. The van der Waals surface area contributed by atoms with E-state index in [1.54, 1.807) is 12.1 Å². The Hall–Kier alpha value is -3.02. The van der Waals surface area contributed by atoms with Gasteiger partial charge in [-0.05, 0) is 49.7 Å². The SMILES string of the molecule is Cc1ccc(OCCCNC(=O)Nc2ccc(C(=O)O)cc2)cc1. The smallest absolute Gasteiger partial charge is 0.335 e. The summed E-state index contributed by atoms with van der Waals surface area (Å²) in [6.07, 6.45) is 0.680. The number of rotatable bonds is 7. The second-order valence-corrected chi connectivity index (χ2v) is 5.28. The van der Waals surface area contributed by atoms with Gasteiger partial charge in [-0.25, -0.2) is 9.59 Å². The number of carboxylic acids is 1. The molecule has 6 heteroatoms. The molecule has 0 radical (unpaired) electrons. The lowest BCUT2D eigenvalue weighted by Gasteiger charge is -2.09. The van der Waals surface area contributed by atoms with E-state index in [1.165, 1.54) is 17.7 Å². The van der Waals surface area contributed by atoms with Gasteiger partial charge in [-0.3, -0.25) is 0 Å². The van der Waals surface area contributed by atoms with Crippen LogP contribution in [0.2, 0.25) is 0 Å². The summed E-state index contributed by atoms with van der Waals surface area (Å²) in [4.78, 5) is 22.5. The van der Waals surface area contributed by atoms with Crippen LogP contribution in [0.5, 0.6) is 5.75 Å². The van der Waals surface area contributed by atoms with Crippen molar-refractivity contribution >= 4 is 17.7 Å². The first-order valence-corrected chi connectivity index (χ1v) is 7.62. The van der Waals surface area contributed by atoms with Crippen LogP contribution in [0.25, 0.3) is 0 Å². The quantitative estimate of drug-likeness (QED) is 0.681. The molecule has 0 heterocycles. The third kappa shape index (κ3) is 5.64. The van der Waals surface area contributed by atoms with E-state index in [0.717, 1.165) is 5.75 Å². The number of hydrogen-bond donors (Lipinski definition) is 3. The molecule has 0 atom stereocenters. The summed E-state index contributed by atoms with van der Waals surface area (Å²) in [6.45, 7) is 3.00. The van der Waals surface area contributed by atoms with E-state index >= 15 is 0 Å². The molecule has 0 aromatic heterocycles. The van der Waals surface area contributed by atoms with Crippen LogP contribution in [-0.2, 0) is 0 Å². The van der Waals surface area contributed by atoms with Gasteiger partial charge >= 0.3 is 12.0 Å². The molecule has 126 valence electrons. The van der Waals surface area contributed by atoms with Gasteiger partial charge in [-0.15, -0.1) is 0 Å². The predicted octanol–water partition coefficient (Wildman–Crippen LogP) is 3.28. The summed E-state index contributed by atoms with van der Waals surface area (Å²) < 4.78 is 5.57. The number of hydrogen-bond acceptors (Lipinski definition) is 3. The fraction of sp³-hybridized carbons (Fsp3) is 0.222. The first kappa shape index (κ1) is 17.3. The van der Waals surface area contributed by atoms with Crippen molar-refractivity contribution in [1.29, 1.82) is 0 Å². The maximum atomic E-state index is 11.7. The first-order chi connectivity index (χ1) is 11.5. The molecule has 0 aliphatic carbocycles. The topological polar surface area (TPSA) is 87.7 Å². The lowest BCUT2D eigenvalue weighted by atomic mass is 10.2. The van der Waals surface area contributed by atoms with E-state index in [4.69, 9.17) is 9.84 Å². The highest BCUT2D eigenvalue weighted by molar-refractivity contribution is 5.91. The first-order valence-electron chi connectivity index (χ1n) is 7.62. The van der Waals surface area contributed by atoms with E-state index in [9.17, 15) is 9.59 Å². The Morgan fingerprint density at radius 1 is 1.04 bits per heavy atom. The lowest BCUT2D eigenvalue weighted by Crippen LogP contribution is -2.30. The monoisotopic (exact) mass is 328 g/mol. The Morgan fingerprint density at radius 3 is 2.33 bits per heavy atom. The van der Waals surface area contributed by atoms with Crippen LogP contribution in [-0.4, -0.2) is 30.3 Å². The number of aryl methyl sites for hydroxylation is 1. The number of carbonyl (C=O) groups excluding carboxylic acids is 1. The molecule has 0 aliphatic heterocycles. The van der Waals surface area contributed by atoms with E-state index in [1.807, 2.05) is 31.2 Å². The molecule has 0 unspecified atom stereocenters. The largest absolute Gasteiger partial charge is 0.494 e. The van der Waals surface area contributed by atoms with Crippen LogP contribution in [0, 0.1) is 6.92 Å². The summed E-state index contributed by atoms with van der Waals surface area (Å²) in [7, 11) is 0. The molecule has 6 nitrogen and oxygen atoms in total. The van der Waals surface area contributed by atoms with E-state index in [-0.39, 0.29) is 11.6 Å². The van der Waals surface area contributed by atoms with Crippen LogP contribution in [0.4, 0.5) is 10.5 Å². The summed E-state index contributed by atoms with van der Waals surface area (Å²) >= 11 is 0. The minimum absolute atomic E-state index is 0.175. The van der Waals surface area contributed by atoms with Crippen LogP contribution < -0.4 is 15.4 Å². The second-order valence-electron chi connectivity index (χ2n) is 5.28. The van der Waals surface area contributed by atoms with Gasteiger partial charge in [-0.1, -0.05) is 17.7 Å². The molecule has 2 amide bonds. The minimum atomic E-state index is -1.00. The molecule has 0 aliphatic rings. The number of nitrogens with one attached hydrogen (secondary N) is 2. The molecular formula is C18H20N2O4. The van der Waals surface area contributed by atoms with Crippen LogP contribution in [0.1, 0.15) is 22.3 Å². The van der Waals surface area contributed by atoms with Crippen molar-refractivity contribution in [1.82, 2.24) is 5.32 Å². The van der Waals surface area contributed by atoms with Crippen LogP contribution >= 0.6 is 0 Å². The van der Waals surface area contributed by atoms with Crippen molar-refractivity contribution in [3.05, 3.63) is 59.7 Å². The number of carboxylic acid groups (broad SMARTS) is 1. The maximum Gasteiger partial charge on any atom is 0.335 e. The van der Waals surface area contributed by atoms with Gasteiger partial charge in [0.05, 0.1) is 12.2 Å². The summed E-state index contributed by atoms with van der Waals surface area (Å²) in [5.41, 5.74) is 1.89. The molecule has 2 aromatic rings. The van der Waals surface area contributed by atoms with Gasteiger partial charge in [-0.2, -0.15) is 0 Å². The van der Waals surface area contributed by atoms with Crippen molar-refractivity contribution < 1.29 is 19.4 Å². The van der Waals surface area contributed by atoms with Crippen molar-refractivity contribution in [2.75, 3.05) is 18.5 Å². The zero-order chi connectivity index (χ0) is 17.4. The van der Waals surface area contributed by atoms with Gasteiger partial charge in [0, 0.05) is 12.2 Å². The zero-order valence-electron chi connectivity index (χ0n) is 13.4. The molecule has 2 rings (SSSR count). The van der Waals surface area contributed by atoms with Gasteiger partial charge in [0.2, 0.25) is 0 Å². The maximum absolute atomic E-state index is 11.7. The third-order valence-corrected chi connectivity index (χ3v) is 3.29. The summed E-state index contributed by atoms with van der Waals surface area (Å²) in [5.74, 6) is -0.192. The number of ether oxygens (including phenoxy) is 1. The zero-order valence-corrected chi connectivity index (χ0v) is 13.4. The Labute approximate surface area is 140 Å². The number of carbonyl (C=O) groups is 2.